The molecular weight excluding hydrogens is 327 g/mol. The van der Waals surface area contributed by atoms with Crippen LogP contribution < -0.4 is 11.1 Å². The number of carbonyl (C=O) groups excluding carboxylic acids is 1. The predicted molar refractivity (Wildman–Crippen MR) is 77.7 cm³/mol. The molecule has 2 rings (SSSR count). The number of hydrogen-bond donors (Lipinski definition) is 2. The van der Waals surface area contributed by atoms with Crippen LogP contribution in [0.4, 0.5) is 5.69 Å². The lowest BCUT2D eigenvalue weighted by atomic mass is 9.86. The first kappa shape index (κ1) is 12.8. The fraction of sp³-hybridized carbons (Fsp3) is 0.462. The molecule has 0 unspecified atom stereocenters. The number of para-hydroxylation sites is 1. The molecule has 17 heavy (non-hydrogen) atoms. The van der Waals surface area contributed by atoms with E-state index >= 15 is 0 Å². The van der Waals surface area contributed by atoms with Gasteiger partial charge in [-0.2, -0.15) is 0 Å². The molecule has 0 aromatic heterocycles. The van der Waals surface area contributed by atoms with E-state index in [4.69, 9.17) is 5.73 Å². The van der Waals surface area contributed by atoms with Crippen molar-refractivity contribution >= 4 is 34.2 Å². The van der Waals surface area contributed by atoms with Crippen molar-refractivity contribution < 1.29 is 4.79 Å². The molecule has 3 nitrogen and oxygen atoms in total. The van der Waals surface area contributed by atoms with Crippen molar-refractivity contribution in [2.45, 2.75) is 31.7 Å². The molecule has 3 N–H and O–H groups in total. The summed E-state index contributed by atoms with van der Waals surface area (Å²) in [5, 5.41) is 3.01. The smallest absolute Gasteiger partial charge is 0.227 e. The maximum atomic E-state index is 12.1. The lowest BCUT2D eigenvalue weighted by Crippen LogP contribution is -2.32. The van der Waals surface area contributed by atoms with Crippen molar-refractivity contribution in [2.75, 3.05) is 5.32 Å². The van der Waals surface area contributed by atoms with Gasteiger partial charge in [-0.15, -0.1) is 0 Å². The number of nitrogens with two attached hydrogens (primary N) is 1. The van der Waals surface area contributed by atoms with Gasteiger partial charge in [0.25, 0.3) is 0 Å². The van der Waals surface area contributed by atoms with Crippen LogP contribution in [0.5, 0.6) is 0 Å². The van der Waals surface area contributed by atoms with Crippen molar-refractivity contribution in [3.05, 3.63) is 27.8 Å². The van der Waals surface area contributed by atoms with Gasteiger partial charge in [-0.25, -0.2) is 0 Å². The van der Waals surface area contributed by atoms with Gasteiger partial charge in [0, 0.05) is 15.5 Å². The Kier molecular flexibility index (Phi) is 4.39. The summed E-state index contributed by atoms with van der Waals surface area (Å²) in [6.45, 7) is 0. The minimum Gasteiger partial charge on any atom is -0.328 e. The minimum absolute atomic E-state index is 0.130. The van der Waals surface area contributed by atoms with Gasteiger partial charge in [0.1, 0.15) is 0 Å². The van der Waals surface area contributed by atoms with E-state index in [1.54, 1.807) is 0 Å². The predicted octanol–water partition coefficient (Wildman–Crippen LogP) is 2.75. The summed E-state index contributed by atoms with van der Waals surface area (Å²) < 4.78 is 1.07. The Balaban J connectivity index is 1.95. The van der Waals surface area contributed by atoms with Crippen molar-refractivity contribution in [1.29, 1.82) is 0 Å². The number of halogens is 1. The van der Waals surface area contributed by atoms with E-state index in [1.165, 1.54) is 0 Å². The SMILES string of the molecule is NC1CCC(C(=O)Nc2ccccc2I)CC1. The van der Waals surface area contributed by atoms with Gasteiger partial charge in [0.05, 0.1) is 5.69 Å². The first-order chi connectivity index (χ1) is 8.16. The third-order valence-corrected chi connectivity index (χ3v) is 4.22. The number of amides is 1. The number of hydrogen-bond acceptors (Lipinski definition) is 2. The minimum atomic E-state index is 0.130. The number of anilines is 1. The molecule has 1 fully saturated rings. The molecule has 0 radical (unpaired) electrons. The summed E-state index contributed by atoms with van der Waals surface area (Å²) >= 11 is 2.23. The van der Waals surface area contributed by atoms with Crippen LogP contribution in [0.25, 0.3) is 0 Å². The van der Waals surface area contributed by atoms with E-state index in [1.807, 2.05) is 24.3 Å². The highest BCUT2D eigenvalue weighted by molar-refractivity contribution is 14.1. The maximum absolute atomic E-state index is 12.1. The highest BCUT2D eigenvalue weighted by atomic mass is 127. The molecule has 4 heteroatoms. The standard InChI is InChI=1S/C13H17IN2O/c14-11-3-1-2-4-12(11)16-13(17)9-5-7-10(15)8-6-9/h1-4,9-10H,5-8,15H2,(H,16,17). The zero-order chi connectivity index (χ0) is 12.3. The Bertz CT molecular complexity index is 400. The van der Waals surface area contributed by atoms with E-state index in [0.717, 1.165) is 34.9 Å². The molecule has 0 heterocycles. The largest absolute Gasteiger partial charge is 0.328 e. The summed E-state index contributed by atoms with van der Waals surface area (Å²) in [5.74, 6) is 0.270. The Labute approximate surface area is 115 Å². The van der Waals surface area contributed by atoms with Gasteiger partial charge in [0.2, 0.25) is 5.91 Å². The molecule has 1 aromatic carbocycles. The Morgan fingerprint density at radius 1 is 1.24 bits per heavy atom. The van der Waals surface area contributed by atoms with Crippen LogP contribution >= 0.6 is 22.6 Å². The fourth-order valence-electron chi connectivity index (χ4n) is 2.18. The quantitative estimate of drug-likeness (QED) is 0.811. The molecule has 1 saturated carbocycles. The Morgan fingerprint density at radius 3 is 2.53 bits per heavy atom. The van der Waals surface area contributed by atoms with Gasteiger partial charge < -0.3 is 11.1 Å². The van der Waals surface area contributed by atoms with Crippen LogP contribution in [-0.4, -0.2) is 11.9 Å². The summed E-state index contributed by atoms with van der Waals surface area (Å²) in [6.07, 6.45) is 3.75. The highest BCUT2D eigenvalue weighted by Crippen LogP contribution is 2.25. The highest BCUT2D eigenvalue weighted by Gasteiger charge is 2.24. The van der Waals surface area contributed by atoms with Crippen LogP contribution in [0.2, 0.25) is 0 Å². The van der Waals surface area contributed by atoms with Crippen LogP contribution in [0.1, 0.15) is 25.7 Å². The molecule has 0 saturated heterocycles. The lowest BCUT2D eigenvalue weighted by molar-refractivity contribution is -0.120. The van der Waals surface area contributed by atoms with E-state index in [2.05, 4.69) is 27.9 Å². The van der Waals surface area contributed by atoms with Gasteiger partial charge in [-0.3, -0.25) is 4.79 Å². The molecule has 0 bridgehead atoms. The van der Waals surface area contributed by atoms with E-state index in [9.17, 15) is 4.79 Å². The summed E-state index contributed by atoms with van der Waals surface area (Å²) in [4.78, 5) is 12.1. The second kappa shape index (κ2) is 5.82. The molecule has 0 spiro atoms. The van der Waals surface area contributed by atoms with E-state index in [-0.39, 0.29) is 17.9 Å². The normalized spacial score (nSPS) is 24.4. The Hall–Kier alpha value is -0.620. The topological polar surface area (TPSA) is 55.1 Å². The van der Waals surface area contributed by atoms with Crippen LogP contribution in [-0.2, 0) is 4.79 Å². The number of nitrogens with one attached hydrogen (secondary N) is 1. The van der Waals surface area contributed by atoms with Gasteiger partial charge in [-0.05, 0) is 60.4 Å². The monoisotopic (exact) mass is 344 g/mol. The lowest BCUT2D eigenvalue weighted by Gasteiger charge is -2.25. The Morgan fingerprint density at radius 2 is 1.88 bits per heavy atom. The first-order valence-corrected chi connectivity index (χ1v) is 7.05. The maximum Gasteiger partial charge on any atom is 0.227 e. The van der Waals surface area contributed by atoms with Gasteiger partial charge >= 0.3 is 0 Å². The molecule has 0 aliphatic heterocycles. The second-order valence-corrected chi connectivity index (χ2v) is 5.74. The van der Waals surface area contributed by atoms with Crippen LogP contribution in [0.3, 0.4) is 0 Å². The first-order valence-electron chi connectivity index (χ1n) is 5.98. The number of rotatable bonds is 2. The molecule has 0 atom stereocenters. The molecule has 1 aromatic rings. The molecule has 1 amide bonds. The fourth-order valence-corrected chi connectivity index (χ4v) is 2.70. The third kappa shape index (κ3) is 3.42. The van der Waals surface area contributed by atoms with Gasteiger partial charge in [0.15, 0.2) is 0 Å². The number of carbonyl (C=O) groups is 1. The van der Waals surface area contributed by atoms with E-state index < -0.39 is 0 Å². The van der Waals surface area contributed by atoms with Crippen molar-refractivity contribution in [2.24, 2.45) is 11.7 Å². The van der Waals surface area contributed by atoms with Crippen LogP contribution in [0.15, 0.2) is 24.3 Å². The molecule has 1 aliphatic carbocycles. The molecular formula is C13H17IN2O. The second-order valence-electron chi connectivity index (χ2n) is 4.58. The van der Waals surface area contributed by atoms with Crippen molar-refractivity contribution in [3.8, 4) is 0 Å². The zero-order valence-corrected chi connectivity index (χ0v) is 11.8. The molecule has 92 valence electrons. The number of benzene rings is 1. The average Bonchev–Trinajstić information content (AvgIpc) is 2.33. The van der Waals surface area contributed by atoms with Gasteiger partial charge in [-0.1, -0.05) is 12.1 Å². The zero-order valence-electron chi connectivity index (χ0n) is 9.66. The summed E-state index contributed by atoms with van der Waals surface area (Å²) in [5.41, 5.74) is 6.75. The summed E-state index contributed by atoms with van der Waals surface area (Å²) in [7, 11) is 0. The van der Waals surface area contributed by atoms with Crippen molar-refractivity contribution in [1.82, 2.24) is 0 Å². The average molecular weight is 344 g/mol. The third-order valence-electron chi connectivity index (χ3n) is 3.27. The van der Waals surface area contributed by atoms with Crippen molar-refractivity contribution in [3.63, 3.8) is 0 Å². The molecule has 1 aliphatic rings. The van der Waals surface area contributed by atoms with Crippen LogP contribution in [0, 0.1) is 9.49 Å². The summed E-state index contributed by atoms with van der Waals surface area (Å²) in [6, 6.07) is 8.13. The van der Waals surface area contributed by atoms with E-state index in [0.29, 0.717) is 0 Å².